The Bertz CT molecular complexity index is 265. The van der Waals surface area contributed by atoms with Crippen LogP contribution in [0.5, 0.6) is 0 Å². The molecule has 1 rings (SSSR count). The van der Waals surface area contributed by atoms with Crippen LogP contribution in [0.3, 0.4) is 0 Å². The molecule has 1 amide bonds. The summed E-state index contributed by atoms with van der Waals surface area (Å²) in [5.41, 5.74) is 0. The molecule has 5 nitrogen and oxygen atoms in total. The second-order valence-corrected chi connectivity index (χ2v) is 4.52. The smallest absolute Gasteiger partial charge is 0.224 e. The summed E-state index contributed by atoms with van der Waals surface area (Å²) >= 11 is 0. The lowest BCUT2D eigenvalue weighted by Crippen LogP contribution is -2.47. The minimum atomic E-state index is -0.330. The maximum atomic E-state index is 11.6. The second kappa shape index (κ2) is 4.59. The number of likely N-dealkylation sites (tertiary alicyclic amines) is 1. The third-order valence-electron chi connectivity index (χ3n) is 3.00. The molecule has 0 N–H and O–H groups in total. The number of hydrogen-bond donors (Lipinski definition) is 0. The molecule has 0 aromatic heterocycles. The fourth-order valence-electron chi connectivity index (χ4n) is 2.13. The maximum Gasteiger partial charge on any atom is 0.224 e. The van der Waals surface area contributed by atoms with E-state index in [-0.39, 0.29) is 35.4 Å². The average Bonchev–Trinajstić information content (AvgIpc) is 2.42. The Morgan fingerprint density at radius 2 is 2.20 bits per heavy atom. The molecule has 1 aliphatic rings. The van der Waals surface area contributed by atoms with Gasteiger partial charge in [0.25, 0.3) is 0 Å². The SMILES string of the molecule is CC(C)[C@@H](C[N+](=O)[O-])N1C(=O)CC[C@H]1C. The van der Waals surface area contributed by atoms with Gasteiger partial charge in [0.05, 0.1) is 6.04 Å². The molecule has 5 heteroatoms. The third-order valence-corrected chi connectivity index (χ3v) is 3.00. The molecule has 0 spiro atoms. The first-order chi connectivity index (χ1) is 6.93. The Kier molecular flexibility index (Phi) is 3.66. The van der Waals surface area contributed by atoms with E-state index in [1.807, 2.05) is 20.8 Å². The molecular formula is C10H18N2O3. The van der Waals surface area contributed by atoms with Crippen LogP contribution in [-0.4, -0.2) is 34.4 Å². The van der Waals surface area contributed by atoms with Crippen molar-refractivity contribution >= 4 is 5.91 Å². The quantitative estimate of drug-likeness (QED) is 0.523. The Morgan fingerprint density at radius 1 is 1.60 bits per heavy atom. The van der Waals surface area contributed by atoms with E-state index in [0.29, 0.717) is 6.42 Å². The van der Waals surface area contributed by atoms with Crippen molar-refractivity contribution < 1.29 is 9.72 Å². The predicted molar refractivity (Wildman–Crippen MR) is 56.0 cm³/mol. The van der Waals surface area contributed by atoms with Gasteiger partial charge >= 0.3 is 0 Å². The molecule has 0 bridgehead atoms. The highest BCUT2D eigenvalue weighted by Crippen LogP contribution is 2.24. The Balaban J connectivity index is 2.78. The molecule has 86 valence electrons. The molecule has 1 heterocycles. The zero-order valence-corrected chi connectivity index (χ0v) is 9.47. The second-order valence-electron chi connectivity index (χ2n) is 4.52. The molecule has 2 atom stereocenters. The van der Waals surface area contributed by atoms with Gasteiger partial charge in [-0.05, 0) is 19.3 Å². The lowest BCUT2D eigenvalue weighted by Gasteiger charge is -2.31. The van der Waals surface area contributed by atoms with Gasteiger partial charge in [-0.3, -0.25) is 14.9 Å². The van der Waals surface area contributed by atoms with Gasteiger partial charge in [0.15, 0.2) is 0 Å². The van der Waals surface area contributed by atoms with Gasteiger partial charge < -0.3 is 4.90 Å². The van der Waals surface area contributed by atoms with Crippen LogP contribution in [0.15, 0.2) is 0 Å². The fourth-order valence-corrected chi connectivity index (χ4v) is 2.13. The number of carbonyl (C=O) groups is 1. The number of carbonyl (C=O) groups excluding carboxylic acids is 1. The normalized spacial score (nSPS) is 23.6. The van der Waals surface area contributed by atoms with E-state index in [9.17, 15) is 14.9 Å². The topological polar surface area (TPSA) is 63.5 Å². The van der Waals surface area contributed by atoms with Gasteiger partial charge in [0.1, 0.15) is 0 Å². The van der Waals surface area contributed by atoms with Gasteiger partial charge in [0, 0.05) is 17.4 Å². The third kappa shape index (κ3) is 2.67. The lowest BCUT2D eigenvalue weighted by molar-refractivity contribution is -0.487. The van der Waals surface area contributed by atoms with E-state index in [4.69, 9.17) is 0 Å². The minimum Gasteiger partial charge on any atom is -0.330 e. The van der Waals surface area contributed by atoms with Crippen molar-refractivity contribution in [2.75, 3.05) is 6.54 Å². The highest BCUT2D eigenvalue weighted by Gasteiger charge is 2.37. The van der Waals surface area contributed by atoms with E-state index in [1.54, 1.807) is 4.90 Å². The van der Waals surface area contributed by atoms with E-state index in [2.05, 4.69) is 0 Å². The van der Waals surface area contributed by atoms with Crippen molar-refractivity contribution in [1.29, 1.82) is 0 Å². The summed E-state index contributed by atoms with van der Waals surface area (Å²) in [6, 6.07) is -0.116. The molecule has 0 saturated carbocycles. The predicted octanol–water partition coefficient (Wildman–Crippen LogP) is 1.30. The van der Waals surface area contributed by atoms with Gasteiger partial charge in [-0.15, -0.1) is 0 Å². The van der Waals surface area contributed by atoms with Gasteiger partial charge in [-0.1, -0.05) is 13.8 Å². The molecular weight excluding hydrogens is 196 g/mol. The van der Waals surface area contributed by atoms with E-state index in [0.717, 1.165) is 6.42 Å². The summed E-state index contributed by atoms with van der Waals surface area (Å²) in [6.45, 7) is 5.66. The Labute approximate surface area is 89.6 Å². The maximum absolute atomic E-state index is 11.6. The van der Waals surface area contributed by atoms with Crippen molar-refractivity contribution in [2.45, 2.75) is 45.7 Å². The Morgan fingerprint density at radius 3 is 2.53 bits per heavy atom. The van der Waals surface area contributed by atoms with Crippen LogP contribution in [0.2, 0.25) is 0 Å². The molecule has 0 aromatic rings. The zero-order valence-electron chi connectivity index (χ0n) is 9.47. The monoisotopic (exact) mass is 214 g/mol. The zero-order chi connectivity index (χ0) is 11.6. The summed E-state index contributed by atoms with van der Waals surface area (Å²) < 4.78 is 0. The summed E-state index contributed by atoms with van der Waals surface area (Å²) in [4.78, 5) is 23.5. The van der Waals surface area contributed by atoms with Crippen molar-refractivity contribution in [3.63, 3.8) is 0 Å². The number of amides is 1. The largest absolute Gasteiger partial charge is 0.330 e. The van der Waals surface area contributed by atoms with Crippen molar-refractivity contribution in [3.05, 3.63) is 10.1 Å². The van der Waals surface area contributed by atoms with Gasteiger partial charge in [-0.25, -0.2) is 0 Å². The number of hydrogen-bond acceptors (Lipinski definition) is 3. The van der Waals surface area contributed by atoms with Crippen molar-refractivity contribution in [1.82, 2.24) is 4.90 Å². The molecule has 1 fully saturated rings. The summed E-state index contributed by atoms with van der Waals surface area (Å²) in [5, 5.41) is 10.6. The summed E-state index contributed by atoms with van der Waals surface area (Å²) in [5.74, 6) is 0.183. The first-order valence-corrected chi connectivity index (χ1v) is 5.36. The summed E-state index contributed by atoms with van der Waals surface area (Å²) in [6.07, 6.45) is 1.35. The van der Waals surface area contributed by atoms with Gasteiger partial charge in [-0.2, -0.15) is 0 Å². The minimum absolute atomic E-state index is 0.0584. The van der Waals surface area contributed by atoms with Crippen LogP contribution >= 0.6 is 0 Å². The first kappa shape index (κ1) is 11.9. The highest BCUT2D eigenvalue weighted by atomic mass is 16.6. The van der Waals surface area contributed by atoms with E-state index < -0.39 is 0 Å². The Hall–Kier alpha value is -1.13. The van der Waals surface area contributed by atoms with Crippen LogP contribution in [0.1, 0.15) is 33.6 Å². The molecule has 1 saturated heterocycles. The molecule has 1 aliphatic heterocycles. The van der Waals surface area contributed by atoms with Crippen LogP contribution in [-0.2, 0) is 4.79 Å². The molecule has 15 heavy (non-hydrogen) atoms. The molecule has 0 aliphatic carbocycles. The number of nitro groups is 1. The van der Waals surface area contributed by atoms with Crippen LogP contribution in [0, 0.1) is 16.0 Å². The number of nitrogens with zero attached hydrogens (tertiary/aromatic N) is 2. The van der Waals surface area contributed by atoms with E-state index >= 15 is 0 Å². The average molecular weight is 214 g/mol. The van der Waals surface area contributed by atoms with Crippen molar-refractivity contribution in [2.24, 2.45) is 5.92 Å². The lowest BCUT2D eigenvalue weighted by atomic mass is 10.0. The van der Waals surface area contributed by atoms with Crippen LogP contribution in [0.4, 0.5) is 0 Å². The molecule has 0 radical (unpaired) electrons. The van der Waals surface area contributed by atoms with Crippen LogP contribution < -0.4 is 0 Å². The number of rotatable bonds is 4. The van der Waals surface area contributed by atoms with Gasteiger partial charge in [0.2, 0.25) is 12.5 Å². The van der Waals surface area contributed by atoms with Crippen LogP contribution in [0.25, 0.3) is 0 Å². The fraction of sp³-hybridized carbons (Fsp3) is 0.900. The standard InChI is InChI=1S/C10H18N2O3/c1-7(2)9(6-11(14)15)12-8(3)4-5-10(12)13/h7-9H,4-6H2,1-3H3/t8-,9-/m1/s1. The highest BCUT2D eigenvalue weighted by molar-refractivity contribution is 5.79. The molecule has 0 aromatic carbocycles. The van der Waals surface area contributed by atoms with Crippen molar-refractivity contribution in [3.8, 4) is 0 Å². The summed E-state index contributed by atoms with van der Waals surface area (Å²) in [7, 11) is 0. The molecule has 0 unspecified atom stereocenters. The first-order valence-electron chi connectivity index (χ1n) is 5.36. The van der Waals surface area contributed by atoms with E-state index in [1.165, 1.54) is 0 Å².